The van der Waals surface area contributed by atoms with E-state index in [1.165, 1.54) is 0 Å². The second kappa shape index (κ2) is 7.01. The molecule has 6 N–H and O–H groups in total. The molecule has 1 rings (SSSR count). The molecule has 0 aromatic heterocycles. The van der Waals surface area contributed by atoms with E-state index < -0.39 is 0 Å². The Hall–Kier alpha value is -1.73. The number of nitrogens with two attached hydrogens (primary N) is 2. The van der Waals surface area contributed by atoms with Crippen molar-refractivity contribution in [2.45, 2.75) is 6.92 Å². The average molecular weight is 300 g/mol. The van der Waals surface area contributed by atoms with Gasteiger partial charge in [-0.05, 0) is 24.6 Å². The Morgan fingerprint density at radius 2 is 2.21 bits per heavy atom. The van der Waals surface area contributed by atoms with E-state index in [-0.39, 0.29) is 22.8 Å². The number of amides is 1. The first-order valence-electron chi connectivity index (χ1n) is 5.26. The Morgan fingerprint density at radius 1 is 1.53 bits per heavy atom. The lowest BCUT2D eigenvalue weighted by Crippen LogP contribution is -2.24. The number of rotatable bonds is 3. The van der Waals surface area contributed by atoms with Gasteiger partial charge in [-0.15, -0.1) is 0 Å². The molecule has 0 radical (unpaired) electrons. The minimum Gasteiger partial charge on any atom is -0.370 e. The van der Waals surface area contributed by atoms with Gasteiger partial charge in [-0.1, -0.05) is 29.4 Å². The van der Waals surface area contributed by atoms with Crippen molar-refractivity contribution in [3.8, 4) is 0 Å². The summed E-state index contributed by atoms with van der Waals surface area (Å²) in [6.07, 6.45) is 0. The quantitative estimate of drug-likeness (QED) is 0.500. The molecule has 8 heteroatoms. The van der Waals surface area contributed by atoms with Crippen LogP contribution in [0.15, 0.2) is 23.2 Å². The summed E-state index contributed by atoms with van der Waals surface area (Å²) >= 11 is 6.88. The van der Waals surface area contributed by atoms with Gasteiger partial charge in [0.15, 0.2) is 11.1 Å². The van der Waals surface area contributed by atoms with Gasteiger partial charge in [-0.25, -0.2) is 0 Å². The number of carbonyl (C=O) groups excluding carboxylic acids is 1. The highest BCUT2D eigenvalue weighted by Gasteiger charge is 2.08. The molecule has 0 aliphatic heterocycles. The van der Waals surface area contributed by atoms with Gasteiger partial charge in [-0.2, -0.15) is 4.99 Å². The number of nitrogens with zero attached hydrogens (tertiary/aromatic N) is 1. The van der Waals surface area contributed by atoms with E-state index >= 15 is 0 Å². The highest BCUT2D eigenvalue weighted by molar-refractivity contribution is 8.14. The summed E-state index contributed by atoms with van der Waals surface area (Å²) in [5, 5.41) is 10.6. The van der Waals surface area contributed by atoms with Crippen molar-refractivity contribution in [1.29, 1.82) is 5.41 Å². The van der Waals surface area contributed by atoms with Gasteiger partial charge in [0.25, 0.3) is 0 Å². The van der Waals surface area contributed by atoms with Crippen LogP contribution in [0.1, 0.15) is 5.56 Å². The molecular weight excluding hydrogens is 286 g/mol. The Bertz CT molecular complexity index is 528. The summed E-state index contributed by atoms with van der Waals surface area (Å²) in [5.74, 6) is -0.420. The molecule has 0 bridgehead atoms. The highest BCUT2D eigenvalue weighted by atomic mass is 35.5. The summed E-state index contributed by atoms with van der Waals surface area (Å²) in [4.78, 5) is 15.2. The molecule has 0 unspecified atom stereocenters. The highest BCUT2D eigenvalue weighted by Crippen LogP contribution is 2.23. The number of nitrogens with one attached hydrogen (secondary N) is 2. The van der Waals surface area contributed by atoms with Gasteiger partial charge in [-0.3, -0.25) is 10.2 Å². The number of amidine groups is 1. The summed E-state index contributed by atoms with van der Waals surface area (Å²) in [5.41, 5.74) is 11.7. The van der Waals surface area contributed by atoms with E-state index in [9.17, 15) is 4.79 Å². The Balaban J connectivity index is 2.54. The third kappa shape index (κ3) is 5.19. The van der Waals surface area contributed by atoms with Crippen molar-refractivity contribution in [3.63, 3.8) is 0 Å². The maximum absolute atomic E-state index is 11.7. The van der Waals surface area contributed by atoms with Crippen LogP contribution in [-0.4, -0.2) is 22.8 Å². The van der Waals surface area contributed by atoms with Crippen molar-refractivity contribution in [2.24, 2.45) is 16.5 Å². The van der Waals surface area contributed by atoms with Crippen molar-refractivity contribution < 1.29 is 4.79 Å². The minimum atomic E-state index is -0.258. The maximum atomic E-state index is 11.7. The van der Waals surface area contributed by atoms with Crippen LogP contribution >= 0.6 is 23.4 Å². The van der Waals surface area contributed by atoms with E-state index in [0.29, 0.717) is 10.7 Å². The third-order valence-electron chi connectivity index (χ3n) is 2.11. The van der Waals surface area contributed by atoms with Gasteiger partial charge in [0.2, 0.25) is 5.91 Å². The minimum absolute atomic E-state index is 0.0432. The zero-order valence-corrected chi connectivity index (χ0v) is 11.8. The molecule has 0 aliphatic rings. The fourth-order valence-corrected chi connectivity index (χ4v) is 1.90. The molecule has 6 nitrogen and oxygen atoms in total. The number of hydrogen-bond donors (Lipinski definition) is 4. The fraction of sp³-hybridized carbons (Fsp3) is 0.182. The Labute approximate surface area is 120 Å². The molecule has 0 fully saturated rings. The molecule has 102 valence electrons. The van der Waals surface area contributed by atoms with Crippen molar-refractivity contribution in [2.75, 3.05) is 11.1 Å². The topological polar surface area (TPSA) is 117 Å². The number of thioether (sulfide) groups is 1. The molecule has 19 heavy (non-hydrogen) atoms. The molecule has 1 aromatic carbocycles. The van der Waals surface area contributed by atoms with Gasteiger partial charge in [0.1, 0.15) is 0 Å². The van der Waals surface area contributed by atoms with E-state index in [1.54, 1.807) is 18.2 Å². The zero-order chi connectivity index (χ0) is 14.4. The SMILES string of the molecule is Cc1c(Cl)cccc1NC(=O)CSC(=N)N=C(N)N. The van der Waals surface area contributed by atoms with Gasteiger partial charge in [0, 0.05) is 10.7 Å². The third-order valence-corrected chi connectivity index (χ3v) is 3.29. The number of benzene rings is 1. The number of carbonyl (C=O) groups is 1. The predicted molar refractivity (Wildman–Crippen MR) is 80.8 cm³/mol. The number of hydrogen-bond acceptors (Lipinski definition) is 3. The molecule has 0 saturated heterocycles. The Kier molecular flexibility index (Phi) is 5.65. The lowest BCUT2D eigenvalue weighted by Gasteiger charge is -2.08. The van der Waals surface area contributed by atoms with Crippen molar-refractivity contribution in [1.82, 2.24) is 0 Å². The van der Waals surface area contributed by atoms with Crippen molar-refractivity contribution >= 4 is 46.1 Å². The van der Waals surface area contributed by atoms with Gasteiger partial charge in [0.05, 0.1) is 5.75 Å². The van der Waals surface area contributed by atoms with Crippen LogP contribution in [-0.2, 0) is 4.79 Å². The van der Waals surface area contributed by atoms with Crippen LogP contribution in [0.5, 0.6) is 0 Å². The molecule has 1 amide bonds. The van der Waals surface area contributed by atoms with Crippen molar-refractivity contribution in [3.05, 3.63) is 28.8 Å². The van der Waals surface area contributed by atoms with Crippen LogP contribution in [0.4, 0.5) is 5.69 Å². The molecule has 0 heterocycles. The summed E-state index contributed by atoms with van der Waals surface area (Å²) < 4.78 is 0. The van der Waals surface area contributed by atoms with Gasteiger partial charge < -0.3 is 16.8 Å². The van der Waals surface area contributed by atoms with Crippen LogP contribution < -0.4 is 16.8 Å². The number of aliphatic imine (C=N–C) groups is 1. The largest absolute Gasteiger partial charge is 0.370 e. The second-order valence-electron chi connectivity index (χ2n) is 3.59. The van der Waals surface area contributed by atoms with Crippen LogP contribution in [0.2, 0.25) is 5.02 Å². The van der Waals surface area contributed by atoms with Crippen LogP contribution in [0, 0.1) is 12.3 Å². The summed E-state index contributed by atoms with van der Waals surface area (Å²) in [7, 11) is 0. The van der Waals surface area contributed by atoms with E-state index in [4.69, 9.17) is 28.5 Å². The maximum Gasteiger partial charge on any atom is 0.234 e. The number of guanidine groups is 1. The van der Waals surface area contributed by atoms with Crippen LogP contribution in [0.25, 0.3) is 0 Å². The lowest BCUT2D eigenvalue weighted by atomic mass is 10.2. The molecule has 0 aliphatic carbocycles. The summed E-state index contributed by atoms with van der Waals surface area (Å²) in [6.45, 7) is 1.81. The monoisotopic (exact) mass is 299 g/mol. The summed E-state index contributed by atoms with van der Waals surface area (Å²) in [6, 6.07) is 5.25. The predicted octanol–water partition coefficient (Wildman–Crippen LogP) is 1.53. The van der Waals surface area contributed by atoms with E-state index in [2.05, 4.69) is 10.3 Å². The molecule has 0 atom stereocenters. The van der Waals surface area contributed by atoms with E-state index in [1.807, 2.05) is 6.92 Å². The smallest absolute Gasteiger partial charge is 0.234 e. The number of anilines is 1. The van der Waals surface area contributed by atoms with Crippen LogP contribution in [0.3, 0.4) is 0 Å². The molecular formula is C11H14ClN5OS. The second-order valence-corrected chi connectivity index (χ2v) is 4.96. The molecule has 1 aromatic rings. The fourth-order valence-electron chi connectivity index (χ4n) is 1.21. The first kappa shape index (κ1) is 15.3. The first-order valence-corrected chi connectivity index (χ1v) is 6.62. The first-order chi connectivity index (χ1) is 8.90. The molecule has 0 spiro atoms. The number of halogens is 1. The molecule has 0 saturated carbocycles. The average Bonchev–Trinajstić information content (AvgIpc) is 2.32. The van der Waals surface area contributed by atoms with Gasteiger partial charge >= 0.3 is 0 Å². The Morgan fingerprint density at radius 3 is 2.84 bits per heavy atom. The zero-order valence-electron chi connectivity index (χ0n) is 10.2. The standard InChI is InChI=1S/C11H14ClN5OS/c1-6-7(12)3-2-4-8(6)16-9(18)5-19-11(15)17-10(13)14/h2-4H,5H2,1H3,(H,16,18)(H5,13,14,15,17). The lowest BCUT2D eigenvalue weighted by molar-refractivity contribution is -0.113. The normalized spacial score (nSPS) is 9.79. The van der Waals surface area contributed by atoms with E-state index in [0.717, 1.165) is 17.3 Å².